The smallest absolute Gasteiger partial charge is 0.223 e. The van der Waals surface area contributed by atoms with E-state index in [0.29, 0.717) is 19.4 Å². The van der Waals surface area contributed by atoms with Crippen molar-refractivity contribution in [2.24, 2.45) is 11.7 Å². The first kappa shape index (κ1) is 19.2. The topological polar surface area (TPSA) is 84.6 Å². The molecule has 6 heteroatoms. The fourth-order valence-electron chi connectivity index (χ4n) is 3.34. The van der Waals surface area contributed by atoms with Crippen LogP contribution in [0.2, 0.25) is 0 Å². The Morgan fingerprint density at radius 3 is 2.58 bits per heavy atom. The number of aliphatic hydroxyl groups is 1. The number of carbonyl (C=O) groups is 1. The fourth-order valence-corrected chi connectivity index (χ4v) is 3.34. The number of ether oxygens (including phenoxy) is 1. The predicted molar refractivity (Wildman–Crippen MR) is 94.8 cm³/mol. The number of carbonyl (C=O) groups excluding carboxylic acids is 1. The molecule has 4 N–H and O–H groups in total. The maximum atomic E-state index is 12.2. The SMILES string of the molecule is Cl.N[C@@H]1CC[C@H](C(=O)NC2CC(OCc3ccccc3)C2)C[C@H]1O. The van der Waals surface area contributed by atoms with Gasteiger partial charge in [-0.3, -0.25) is 4.79 Å². The highest BCUT2D eigenvalue weighted by Gasteiger charge is 2.35. The number of halogens is 1. The van der Waals surface area contributed by atoms with Gasteiger partial charge in [-0.1, -0.05) is 30.3 Å². The summed E-state index contributed by atoms with van der Waals surface area (Å²) in [6, 6.07) is 10.1. The normalized spacial score (nSPS) is 32.3. The van der Waals surface area contributed by atoms with Crippen molar-refractivity contribution in [1.29, 1.82) is 0 Å². The summed E-state index contributed by atoms with van der Waals surface area (Å²) in [4.78, 5) is 12.2. The highest BCUT2D eigenvalue weighted by molar-refractivity contribution is 5.85. The number of hydrogen-bond donors (Lipinski definition) is 3. The minimum atomic E-state index is -0.553. The molecule has 0 saturated heterocycles. The lowest BCUT2D eigenvalue weighted by molar-refractivity contribution is -0.130. The number of aliphatic hydroxyl groups excluding tert-OH is 1. The Kier molecular flexibility index (Phi) is 7.04. The minimum Gasteiger partial charge on any atom is -0.391 e. The highest BCUT2D eigenvalue weighted by Crippen LogP contribution is 2.27. The second-order valence-electron chi connectivity index (χ2n) is 6.84. The third-order valence-corrected chi connectivity index (χ3v) is 5.01. The van der Waals surface area contributed by atoms with Crippen molar-refractivity contribution >= 4 is 18.3 Å². The zero-order valence-corrected chi connectivity index (χ0v) is 14.6. The van der Waals surface area contributed by atoms with Gasteiger partial charge in [-0.2, -0.15) is 0 Å². The molecule has 0 spiro atoms. The van der Waals surface area contributed by atoms with Gasteiger partial charge < -0.3 is 20.9 Å². The van der Waals surface area contributed by atoms with Crippen molar-refractivity contribution in [2.45, 2.75) is 63.0 Å². The molecule has 0 aromatic heterocycles. The third kappa shape index (κ3) is 4.93. The molecule has 3 rings (SSSR count). The lowest BCUT2D eigenvalue weighted by Crippen LogP contribution is -2.51. The second kappa shape index (κ2) is 8.81. The van der Waals surface area contributed by atoms with Crippen LogP contribution in [0.25, 0.3) is 0 Å². The van der Waals surface area contributed by atoms with Crippen LogP contribution >= 0.6 is 12.4 Å². The lowest BCUT2D eigenvalue weighted by atomic mass is 9.82. The standard InChI is InChI=1S/C18H26N2O3.ClH/c19-16-7-6-13(8-17(16)21)18(22)20-14-9-15(10-14)23-11-12-4-2-1-3-5-12;/h1-5,13-17,21H,6-11,19H2,(H,20,22);1H/t13-,14?,15?,16+,17+;/m0./s1. The summed E-state index contributed by atoms with van der Waals surface area (Å²) < 4.78 is 5.84. The first-order chi connectivity index (χ1) is 11.1. The van der Waals surface area contributed by atoms with E-state index >= 15 is 0 Å². The molecule has 3 atom stereocenters. The number of hydrogen-bond acceptors (Lipinski definition) is 4. The van der Waals surface area contributed by atoms with Gasteiger partial charge in [0.05, 0.1) is 18.8 Å². The average molecular weight is 355 g/mol. The van der Waals surface area contributed by atoms with Gasteiger partial charge in [-0.15, -0.1) is 12.4 Å². The van der Waals surface area contributed by atoms with Crippen LogP contribution in [0.4, 0.5) is 0 Å². The van der Waals surface area contributed by atoms with Gasteiger partial charge in [0.2, 0.25) is 5.91 Å². The molecule has 2 aliphatic carbocycles. The summed E-state index contributed by atoms with van der Waals surface area (Å²) in [7, 11) is 0. The van der Waals surface area contributed by atoms with Gasteiger partial charge in [0.1, 0.15) is 0 Å². The zero-order chi connectivity index (χ0) is 16.2. The van der Waals surface area contributed by atoms with Crippen LogP contribution in [0.1, 0.15) is 37.7 Å². The minimum absolute atomic E-state index is 0. The third-order valence-electron chi connectivity index (χ3n) is 5.01. The molecule has 2 saturated carbocycles. The number of benzene rings is 1. The molecular weight excluding hydrogens is 328 g/mol. The Bertz CT molecular complexity index is 522. The first-order valence-electron chi connectivity index (χ1n) is 8.51. The lowest BCUT2D eigenvalue weighted by Gasteiger charge is -2.37. The van der Waals surface area contributed by atoms with E-state index in [4.69, 9.17) is 10.5 Å². The molecule has 2 fully saturated rings. The molecule has 0 unspecified atom stereocenters. The average Bonchev–Trinajstić information content (AvgIpc) is 2.52. The largest absolute Gasteiger partial charge is 0.391 e. The van der Waals surface area contributed by atoms with Gasteiger partial charge in [0, 0.05) is 18.0 Å². The highest BCUT2D eigenvalue weighted by atomic mass is 35.5. The van der Waals surface area contributed by atoms with Gasteiger partial charge in [0.15, 0.2) is 0 Å². The number of nitrogens with two attached hydrogens (primary N) is 1. The van der Waals surface area contributed by atoms with Crippen LogP contribution in [0.5, 0.6) is 0 Å². The monoisotopic (exact) mass is 354 g/mol. The Balaban J connectivity index is 0.00000208. The van der Waals surface area contributed by atoms with E-state index in [0.717, 1.165) is 19.3 Å². The molecular formula is C18H27ClN2O3. The molecule has 2 aliphatic rings. The molecule has 24 heavy (non-hydrogen) atoms. The van der Waals surface area contributed by atoms with Crippen molar-refractivity contribution in [3.63, 3.8) is 0 Å². The van der Waals surface area contributed by atoms with E-state index in [1.54, 1.807) is 0 Å². The van der Waals surface area contributed by atoms with E-state index in [1.807, 2.05) is 18.2 Å². The fraction of sp³-hybridized carbons (Fsp3) is 0.611. The number of rotatable bonds is 5. The van der Waals surface area contributed by atoms with Crippen molar-refractivity contribution in [3.8, 4) is 0 Å². The van der Waals surface area contributed by atoms with Crippen molar-refractivity contribution in [3.05, 3.63) is 35.9 Å². The maximum Gasteiger partial charge on any atom is 0.223 e. The Hall–Kier alpha value is -1.14. The molecule has 0 radical (unpaired) electrons. The quantitative estimate of drug-likeness (QED) is 0.752. The predicted octanol–water partition coefficient (Wildman–Crippen LogP) is 1.76. The van der Waals surface area contributed by atoms with Gasteiger partial charge in [0.25, 0.3) is 0 Å². The van der Waals surface area contributed by atoms with Crippen LogP contribution in [0, 0.1) is 5.92 Å². The van der Waals surface area contributed by atoms with Crippen LogP contribution < -0.4 is 11.1 Å². The molecule has 1 amide bonds. The number of nitrogens with one attached hydrogen (secondary N) is 1. The van der Waals surface area contributed by atoms with E-state index in [9.17, 15) is 9.90 Å². The first-order valence-corrected chi connectivity index (χ1v) is 8.51. The summed E-state index contributed by atoms with van der Waals surface area (Å²) in [5.41, 5.74) is 6.95. The van der Waals surface area contributed by atoms with Crippen LogP contribution in [0.3, 0.4) is 0 Å². The summed E-state index contributed by atoms with van der Waals surface area (Å²) in [6.45, 7) is 0.624. The summed E-state index contributed by atoms with van der Waals surface area (Å²) in [6.07, 6.45) is 3.37. The van der Waals surface area contributed by atoms with Gasteiger partial charge >= 0.3 is 0 Å². The molecule has 1 aromatic rings. The van der Waals surface area contributed by atoms with E-state index < -0.39 is 6.10 Å². The van der Waals surface area contributed by atoms with Crippen molar-refractivity contribution < 1.29 is 14.6 Å². The van der Waals surface area contributed by atoms with Crippen LogP contribution in [-0.2, 0) is 16.1 Å². The Labute approximate surface area is 149 Å². The van der Waals surface area contributed by atoms with Gasteiger partial charge in [-0.05, 0) is 37.7 Å². The van der Waals surface area contributed by atoms with E-state index in [2.05, 4.69) is 17.4 Å². The van der Waals surface area contributed by atoms with E-state index in [-0.39, 0.29) is 42.4 Å². The molecule has 0 heterocycles. The van der Waals surface area contributed by atoms with E-state index in [1.165, 1.54) is 5.56 Å². The molecule has 0 aliphatic heterocycles. The zero-order valence-electron chi connectivity index (χ0n) is 13.8. The van der Waals surface area contributed by atoms with Gasteiger partial charge in [-0.25, -0.2) is 0 Å². The molecule has 5 nitrogen and oxygen atoms in total. The van der Waals surface area contributed by atoms with Crippen molar-refractivity contribution in [2.75, 3.05) is 0 Å². The molecule has 134 valence electrons. The van der Waals surface area contributed by atoms with Crippen molar-refractivity contribution in [1.82, 2.24) is 5.32 Å². The summed E-state index contributed by atoms with van der Waals surface area (Å²) >= 11 is 0. The Morgan fingerprint density at radius 1 is 1.21 bits per heavy atom. The maximum absolute atomic E-state index is 12.2. The molecule has 0 bridgehead atoms. The summed E-state index contributed by atoms with van der Waals surface area (Å²) in [5.74, 6) is -0.0449. The second-order valence-corrected chi connectivity index (χ2v) is 6.84. The van der Waals surface area contributed by atoms with Crippen LogP contribution in [0.15, 0.2) is 30.3 Å². The molecule has 1 aromatic carbocycles. The Morgan fingerprint density at radius 2 is 1.92 bits per heavy atom. The number of amides is 1. The van der Waals surface area contributed by atoms with Crippen LogP contribution in [-0.4, -0.2) is 35.3 Å². The summed E-state index contributed by atoms with van der Waals surface area (Å²) in [5, 5.41) is 12.9.